The summed E-state index contributed by atoms with van der Waals surface area (Å²) in [4.78, 5) is 26.4. The number of carbonyl (C=O) groups is 2. The van der Waals surface area contributed by atoms with Crippen molar-refractivity contribution in [1.29, 1.82) is 0 Å². The Balaban J connectivity index is 1.81. The summed E-state index contributed by atoms with van der Waals surface area (Å²) in [6.07, 6.45) is 2.60. The van der Waals surface area contributed by atoms with Gasteiger partial charge in [0.05, 0.1) is 12.2 Å². The molecule has 27 heavy (non-hydrogen) atoms. The van der Waals surface area contributed by atoms with Gasteiger partial charge in [0.25, 0.3) is 11.8 Å². The van der Waals surface area contributed by atoms with Crippen LogP contribution < -0.4 is 15.0 Å². The molecule has 2 aromatic carbocycles. The van der Waals surface area contributed by atoms with E-state index in [1.165, 1.54) is 11.6 Å². The van der Waals surface area contributed by atoms with Crippen molar-refractivity contribution in [3.05, 3.63) is 65.7 Å². The van der Waals surface area contributed by atoms with E-state index in [1.54, 1.807) is 24.1 Å². The number of carbonyl (C=O) groups excluding carboxylic acids is 2. The minimum absolute atomic E-state index is 0.173. The summed E-state index contributed by atoms with van der Waals surface area (Å²) < 4.78 is 5.73. The fourth-order valence-corrected chi connectivity index (χ4v) is 2.99. The lowest BCUT2D eigenvalue weighted by Gasteiger charge is -2.33. The van der Waals surface area contributed by atoms with Crippen molar-refractivity contribution in [3.63, 3.8) is 0 Å². The quantitative estimate of drug-likeness (QED) is 0.847. The Hall–Kier alpha value is -3.08. The highest BCUT2D eigenvalue weighted by Crippen LogP contribution is 2.33. The second-order valence-electron chi connectivity index (χ2n) is 6.79. The standard InChI is InChI=1S/C22H24N2O3/c1-15(2)17-11-8-16(9-12-17)10-13-21(25)24-14-20(22(26)23-3)27-19-7-5-4-6-18(19)24/h4-13,15,20H,14H2,1-3H3,(H,23,26)/b13-10+/t20-/m0/s1. The first-order valence-electron chi connectivity index (χ1n) is 9.06. The van der Waals surface area contributed by atoms with Gasteiger partial charge in [0.2, 0.25) is 0 Å². The minimum atomic E-state index is -0.729. The lowest BCUT2D eigenvalue weighted by molar-refractivity contribution is -0.127. The van der Waals surface area contributed by atoms with Gasteiger partial charge in [0.1, 0.15) is 5.75 Å². The van der Waals surface area contributed by atoms with Crippen molar-refractivity contribution in [3.8, 4) is 5.75 Å². The number of ether oxygens (including phenoxy) is 1. The Morgan fingerprint density at radius 3 is 2.52 bits per heavy atom. The molecule has 1 N–H and O–H groups in total. The number of rotatable bonds is 4. The highest BCUT2D eigenvalue weighted by atomic mass is 16.5. The van der Waals surface area contributed by atoms with Gasteiger partial charge in [0, 0.05) is 13.1 Å². The Kier molecular flexibility index (Phi) is 5.60. The number of amides is 2. The maximum Gasteiger partial charge on any atom is 0.262 e. The van der Waals surface area contributed by atoms with Crippen LogP contribution in [0.1, 0.15) is 30.9 Å². The molecule has 0 radical (unpaired) electrons. The van der Waals surface area contributed by atoms with Gasteiger partial charge in [-0.3, -0.25) is 9.59 Å². The Morgan fingerprint density at radius 1 is 1.15 bits per heavy atom. The predicted molar refractivity (Wildman–Crippen MR) is 107 cm³/mol. The monoisotopic (exact) mass is 364 g/mol. The van der Waals surface area contributed by atoms with E-state index in [0.29, 0.717) is 17.4 Å². The smallest absolute Gasteiger partial charge is 0.262 e. The molecule has 0 saturated carbocycles. The van der Waals surface area contributed by atoms with E-state index in [9.17, 15) is 9.59 Å². The first-order valence-corrected chi connectivity index (χ1v) is 9.06. The molecule has 1 atom stereocenters. The summed E-state index contributed by atoms with van der Waals surface area (Å²) in [5.41, 5.74) is 2.88. The molecule has 2 amide bonds. The topological polar surface area (TPSA) is 58.6 Å². The molecule has 3 rings (SSSR count). The number of benzene rings is 2. The number of hydrogen-bond donors (Lipinski definition) is 1. The molecule has 1 aliphatic rings. The average molecular weight is 364 g/mol. The van der Waals surface area contributed by atoms with Crippen molar-refractivity contribution in [2.45, 2.75) is 25.9 Å². The van der Waals surface area contributed by atoms with E-state index in [2.05, 4.69) is 31.3 Å². The van der Waals surface area contributed by atoms with Crippen molar-refractivity contribution in [1.82, 2.24) is 5.32 Å². The Labute approximate surface area is 159 Å². The molecule has 0 fully saturated rings. The average Bonchev–Trinajstić information content (AvgIpc) is 2.70. The second-order valence-corrected chi connectivity index (χ2v) is 6.79. The number of nitrogens with zero attached hydrogens (tertiary/aromatic N) is 1. The highest BCUT2D eigenvalue weighted by molar-refractivity contribution is 6.05. The highest BCUT2D eigenvalue weighted by Gasteiger charge is 2.32. The predicted octanol–water partition coefficient (Wildman–Crippen LogP) is 3.36. The van der Waals surface area contributed by atoms with Gasteiger partial charge < -0.3 is 15.0 Å². The number of nitrogens with one attached hydrogen (secondary N) is 1. The molecule has 5 nitrogen and oxygen atoms in total. The van der Waals surface area contributed by atoms with Crippen LogP contribution in [-0.2, 0) is 9.59 Å². The van der Waals surface area contributed by atoms with Gasteiger partial charge >= 0.3 is 0 Å². The van der Waals surface area contributed by atoms with Crippen LogP contribution in [0.25, 0.3) is 6.08 Å². The zero-order valence-corrected chi connectivity index (χ0v) is 15.8. The largest absolute Gasteiger partial charge is 0.477 e. The maximum absolute atomic E-state index is 12.8. The summed E-state index contributed by atoms with van der Waals surface area (Å²) in [6, 6.07) is 15.4. The summed E-state index contributed by atoms with van der Waals surface area (Å²) >= 11 is 0. The third-order valence-corrected chi connectivity index (χ3v) is 4.60. The van der Waals surface area contributed by atoms with Crippen LogP contribution in [0.2, 0.25) is 0 Å². The third kappa shape index (κ3) is 4.19. The molecule has 1 aliphatic heterocycles. The molecular weight excluding hydrogens is 340 g/mol. The molecule has 0 unspecified atom stereocenters. The first kappa shape index (κ1) is 18.7. The number of fused-ring (bicyclic) bond motifs is 1. The lowest BCUT2D eigenvalue weighted by atomic mass is 10.0. The van der Waals surface area contributed by atoms with E-state index < -0.39 is 6.10 Å². The Bertz CT molecular complexity index is 856. The van der Waals surface area contributed by atoms with Crippen LogP contribution in [0, 0.1) is 0 Å². The van der Waals surface area contributed by atoms with Gasteiger partial charge in [-0.25, -0.2) is 0 Å². The molecule has 1 heterocycles. The van der Waals surface area contributed by atoms with Gasteiger partial charge in [-0.05, 0) is 35.3 Å². The summed E-state index contributed by atoms with van der Waals surface area (Å²) in [7, 11) is 1.55. The van der Waals surface area contributed by atoms with E-state index in [1.807, 2.05) is 30.3 Å². The lowest BCUT2D eigenvalue weighted by Crippen LogP contribution is -2.49. The summed E-state index contributed by atoms with van der Waals surface area (Å²) in [6.45, 7) is 4.46. The van der Waals surface area contributed by atoms with E-state index >= 15 is 0 Å². The second kappa shape index (κ2) is 8.08. The van der Waals surface area contributed by atoms with Crippen LogP contribution in [0.4, 0.5) is 5.69 Å². The van der Waals surface area contributed by atoms with Gasteiger partial charge in [0.15, 0.2) is 6.10 Å². The molecule has 140 valence electrons. The first-order chi connectivity index (χ1) is 13.0. The molecule has 0 bridgehead atoms. The molecule has 0 saturated heterocycles. The number of hydrogen-bond acceptors (Lipinski definition) is 3. The molecule has 0 aromatic heterocycles. The maximum atomic E-state index is 12.8. The van der Waals surface area contributed by atoms with E-state index in [4.69, 9.17) is 4.74 Å². The van der Waals surface area contributed by atoms with E-state index in [0.717, 1.165) is 5.56 Å². The molecule has 5 heteroatoms. The Morgan fingerprint density at radius 2 is 1.85 bits per heavy atom. The number of para-hydroxylation sites is 2. The van der Waals surface area contributed by atoms with Crippen molar-refractivity contribution < 1.29 is 14.3 Å². The fourth-order valence-electron chi connectivity index (χ4n) is 2.99. The van der Waals surface area contributed by atoms with E-state index in [-0.39, 0.29) is 18.4 Å². The minimum Gasteiger partial charge on any atom is -0.477 e. The van der Waals surface area contributed by atoms with Gasteiger partial charge in [-0.2, -0.15) is 0 Å². The molecular formula is C22H24N2O3. The van der Waals surface area contributed by atoms with Crippen LogP contribution in [0.5, 0.6) is 5.75 Å². The van der Waals surface area contributed by atoms with Crippen molar-refractivity contribution in [2.75, 3.05) is 18.5 Å². The van der Waals surface area contributed by atoms with Gasteiger partial charge in [-0.15, -0.1) is 0 Å². The van der Waals surface area contributed by atoms with Crippen LogP contribution in [0.3, 0.4) is 0 Å². The SMILES string of the molecule is CNC(=O)[C@@H]1CN(C(=O)/C=C/c2ccc(C(C)C)cc2)c2ccccc2O1. The normalized spacial score (nSPS) is 16.1. The third-order valence-electron chi connectivity index (χ3n) is 4.60. The molecule has 2 aromatic rings. The van der Waals surface area contributed by atoms with Crippen molar-refractivity contribution >= 4 is 23.6 Å². The van der Waals surface area contributed by atoms with Gasteiger partial charge in [-0.1, -0.05) is 50.2 Å². The number of likely N-dealkylation sites (N-methyl/N-ethyl adjacent to an activating group) is 1. The molecule has 0 aliphatic carbocycles. The zero-order chi connectivity index (χ0) is 19.4. The van der Waals surface area contributed by atoms with Crippen LogP contribution in [-0.4, -0.2) is 31.5 Å². The van der Waals surface area contributed by atoms with Crippen LogP contribution in [0.15, 0.2) is 54.6 Å². The summed E-state index contributed by atoms with van der Waals surface area (Å²) in [5, 5.41) is 2.58. The number of anilines is 1. The molecule has 0 spiro atoms. The van der Waals surface area contributed by atoms with Crippen molar-refractivity contribution in [2.24, 2.45) is 0 Å². The van der Waals surface area contributed by atoms with Crippen LogP contribution >= 0.6 is 0 Å². The fraction of sp³-hybridized carbons (Fsp3) is 0.273. The zero-order valence-electron chi connectivity index (χ0n) is 15.8. The summed E-state index contributed by atoms with van der Waals surface area (Å²) in [5.74, 6) is 0.555.